The number of carbonyl (C=O) groups excluding carboxylic acids is 1. The zero-order valence-electron chi connectivity index (χ0n) is 17.9. The summed E-state index contributed by atoms with van der Waals surface area (Å²) in [6.07, 6.45) is 3.63. The molecule has 0 saturated heterocycles. The van der Waals surface area contributed by atoms with Crippen LogP contribution in [-0.4, -0.2) is 27.3 Å². The van der Waals surface area contributed by atoms with Crippen LogP contribution in [0.1, 0.15) is 21.5 Å². The number of amides is 1. The van der Waals surface area contributed by atoms with E-state index in [9.17, 15) is 20.0 Å². The fourth-order valence-corrected chi connectivity index (χ4v) is 4.05. The molecule has 1 amide bonds. The number of nitrogens with zero attached hydrogens (tertiary/aromatic N) is 4. The summed E-state index contributed by atoms with van der Waals surface area (Å²) in [5, 5.41) is 25.3. The third-order valence-corrected chi connectivity index (χ3v) is 5.62. The minimum Gasteiger partial charge on any atom is -0.478 e. The zero-order valence-corrected chi connectivity index (χ0v) is 17.9. The SMILES string of the molecule is N#CCn1cc(C=C2C(=O)N(c3cccc(C(=O)O)c3)N=C2c2ccccc2)c2ccccc21. The van der Waals surface area contributed by atoms with Crippen molar-refractivity contribution >= 4 is 40.3 Å². The van der Waals surface area contributed by atoms with E-state index in [1.54, 1.807) is 18.2 Å². The van der Waals surface area contributed by atoms with E-state index in [-0.39, 0.29) is 18.0 Å². The van der Waals surface area contributed by atoms with Crippen LogP contribution in [0.2, 0.25) is 0 Å². The summed E-state index contributed by atoms with van der Waals surface area (Å²) in [6, 6.07) is 25.3. The Kier molecular flexibility index (Phi) is 5.24. The molecule has 7 heteroatoms. The first kappa shape index (κ1) is 20.9. The first-order valence-electron chi connectivity index (χ1n) is 10.6. The lowest BCUT2D eigenvalue weighted by Gasteiger charge is -2.12. The van der Waals surface area contributed by atoms with Crippen LogP contribution < -0.4 is 5.01 Å². The lowest BCUT2D eigenvalue weighted by molar-refractivity contribution is -0.114. The molecule has 5 rings (SSSR count). The number of rotatable bonds is 5. The molecule has 1 N–H and O–H groups in total. The Bertz CT molecular complexity index is 1540. The Labute approximate surface area is 195 Å². The van der Waals surface area contributed by atoms with Crippen LogP contribution in [-0.2, 0) is 11.3 Å². The van der Waals surface area contributed by atoms with Gasteiger partial charge in [0.2, 0.25) is 0 Å². The molecule has 164 valence electrons. The molecule has 0 saturated carbocycles. The topological polar surface area (TPSA) is 98.7 Å². The summed E-state index contributed by atoms with van der Waals surface area (Å²) in [5.41, 5.74) is 3.76. The molecule has 0 bridgehead atoms. The summed E-state index contributed by atoms with van der Waals surface area (Å²) in [6.45, 7) is 0.186. The normalized spacial score (nSPS) is 14.4. The second-order valence-electron chi connectivity index (χ2n) is 7.73. The molecule has 34 heavy (non-hydrogen) atoms. The molecule has 0 aliphatic carbocycles. The summed E-state index contributed by atoms with van der Waals surface area (Å²) in [5.74, 6) is -1.44. The molecule has 1 aliphatic heterocycles. The molecule has 1 aromatic heterocycles. The van der Waals surface area contributed by atoms with Crippen molar-refractivity contribution in [2.24, 2.45) is 5.10 Å². The molecule has 2 heterocycles. The van der Waals surface area contributed by atoms with Gasteiger partial charge in [0.1, 0.15) is 12.3 Å². The number of carboxylic acids is 1. The monoisotopic (exact) mass is 446 g/mol. The number of fused-ring (bicyclic) bond motifs is 1. The number of hydrazone groups is 1. The molecular weight excluding hydrogens is 428 g/mol. The van der Waals surface area contributed by atoms with Gasteiger partial charge in [0, 0.05) is 28.2 Å². The van der Waals surface area contributed by atoms with Gasteiger partial charge in [0.25, 0.3) is 5.91 Å². The van der Waals surface area contributed by atoms with Crippen LogP contribution >= 0.6 is 0 Å². The quantitative estimate of drug-likeness (QED) is 0.449. The molecule has 0 fully saturated rings. The highest BCUT2D eigenvalue weighted by molar-refractivity contribution is 6.37. The van der Waals surface area contributed by atoms with Gasteiger partial charge >= 0.3 is 5.97 Å². The molecule has 0 atom stereocenters. The average Bonchev–Trinajstić information content (AvgIpc) is 3.38. The minimum atomic E-state index is -1.08. The largest absolute Gasteiger partial charge is 0.478 e. The zero-order chi connectivity index (χ0) is 23.7. The van der Waals surface area contributed by atoms with E-state index < -0.39 is 5.97 Å². The first-order chi connectivity index (χ1) is 16.6. The molecule has 0 unspecified atom stereocenters. The first-order valence-corrected chi connectivity index (χ1v) is 10.6. The van der Waals surface area contributed by atoms with Crippen LogP contribution in [0.4, 0.5) is 5.69 Å². The van der Waals surface area contributed by atoms with Gasteiger partial charge in [0.05, 0.1) is 22.9 Å². The Balaban J connectivity index is 1.67. The number of para-hydroxylation sites is 1. The van der Waals surface area contributed by atoms with Gasteiger partial charge in [-0.3, -0.25) is 4.79 Å². The van der Waals surface area contributed by atoms with E-state index in [0.717, 1.165) is 22.0 Å². The van der Waals surface area contributed by atoms with Crippen molar-refractivity contribution in [3.05, 3.63) is 107 Å². The maximum Gasteiger partial charge on any atom is 0.335 e. The Morgan fingerprint density at radius 3 is 2.56 bits per heavy atom. The molecule has 0 spiro atoms. The van der Waals surface area contributed by atoms with Crippen molar-refractivity contribution in [3.63, 3.8) is 0 Å². The Morgan fingerprint density at radius 2 is 1.79 bits per heavy atom. The third-order valence-electron chi connectivity index (χ3n) is 5.62. The van der Waals surface area contributed by atoms with Crippen LogP contribution in [0.5, 0.6) is 0 Å². The van der Waals surface area contributed by atoms with Gasteiger partial charge in [-0.1, -0.05) is 54.6 Å². The maximum atomic E-state index is 13.6. The van der Waals surface area contributed by atoms with Gasteiger partial charge in [-0.2, -0.15) is 15.4 Å². The second-order valence-corrected chi connectivity index (χ2v) is 7.73. The van der Waals surface area contributed by atoms with Gasteiger partial charge in [-0.05, 0) is 30.3 Å². The smallest absolute Gasteiger partial charge is 0.335 e. The maximum absolute atomic E-state index is 13.6. The number of aromatic nitrogens is 1. The highest BCUT2D eigenvalue weighted by atomic mass is 16.4. The molecule has 1 aliphatic rings. The number of carbonyl (C=O) groups is 2. The Hall–Kier alpha value is -4.96. The van der Waals surface area contributed by atoms with Crippen molar-refractivity contribution in [3.8, 4) is 6.07 Å². The van der Waals surface area contributed by atoms with Crippen LogP contribution in [0.15, 0.2) is 95.7 Å². The fourth-order valence-electron chi connectivity index (χ4n) is 4.05. The van der Waals surface area contributed by atoms with Gasteiger partial charge in [-0.25, -0.2) is 4.79 Å². The fraction of sp³-hybridized carbons (Fsp3) is 0.0370. The van der Waals surface area contributed by atoms with E-state index in [1.807, 2.05) is 65.4 Å². The van der Waals surface area contributed by atoms with Crippen molar-refractivity contribution in [1.82, 2.24) is 4.57 Å². The predicted octanol–water partition coefficient (Wildman–Crippen LogP) is 4.70. The van der Waals surface area contributed by atoms with Crippen LogP contribution in [0, 0.1) is 11.3 Å². The van der Waals surface area contributed by atoms with E-state index in [0.29, 0.717) is 17.0 Å². The molecule has 4 aromatic rings. The van der Waals surface area contributed by atoms with E-state index >= 15 is 0 Å². The molecule has 0 radical (unpaired) electrons. The minimum absolute atomic E-state index is 0.0683. The second kappa shape index (κ2) is 8.52. The van der Waals surface area contributed by atoms with Crippen molar-refractivity contribution in [2.45, 2.75) is 6.54 Å². The lowest BCUT2D eigenvalue weighted by Crippen LogP contribution is -2.21. The predicted molar refractivity (Wildman–Crippen MR) is 129 cm³/mol. The van der Waals surface area contributed by atoms with E-state index in [4.69, 9.17) is 0 Å². The van der Waals surface area contributed by atoms with Crippen LogP contribution in [0.3, 0.4) is 0 Å². The van der Waals surface area contributed by atoms with Gasteiger partial charge < -0.3 is 9.67 Å². The van der Waals surface area contributed by atoms with Crippen molar-refractivity contribution in [2.75, 3.05) is 5.01 Å². The van der Waals surface area contributed by atoms with Gasteiger partial charge in [-0.15, -0.1) is 0 Å². The summed E-state index contributed by atoms with van der Waals surface area (Å²) >= 11 is 0. The highest BCUT2D eigenvalue weighted by Crippen LogP contribution is 2.30. The van der Waals surface area contributed by atoms with Gasteiger partial charge in [0.15, 0.2) is 0 Å². The van der Waals surface area contributed by atoms with E-state index in [1.165, 1.54) is 17.1 Å². The molecule has 7 nitrogen and oxygen atoms in total. The number of aromatic carboxylic acids is 1. The average molecular weight is 446 g/mol. The number of carboxylic acid groups (broad SMARTS) is 1. The van der Waals surface area contributed by atoms with Crippen molar-refractivity contribution < 1.29 is 14.7 Å². The number of anilines is 1. The third kappa shape index (κ3) is 3.63. The number of hydrogen-bond donors (Lipinski definition) is 1. The standard InChI is InChI=1S/C27H18N4O3/c28-13-14-30-17-20(22-11-4-5-12-24(22)30)16-23-25(18-7-2-1-3-8-18)29-31(26(23)32)21-10-6-9-19(15-21)27(33)34/h1-12,15-17H,14H2,(H,33,34). The van der Waals surface area contributed by atoms with E-state index in [2.05, 4.69) is 11.2 Å². The van der Waals surface area contributed by atoms with Crippen molar-refractivity contribution in [1.29, 1.82) is 5.26 Å². The Morgan fingerprint density at radius 1 is 1.03 bits per heavy atom. The lowest BCUT2D eigenvalue weighted by atomic mass is 10.00. The number of nitriles is 1. The molecular formula is C27H18N4O3. The number of hydrogen-bond acceptors (Lipinski definition) is 4. The summed E-state index contributed by atoms with van der Waals surface area (Å²) in [7, 11) is 0. The summed E-state index contributed by atoms with van der Waals surface area (Å²) < 4.78 is 1.84. The molecule has 3 aromatic carbocycles. The highest BCUT2D eigenvalue weighted by Gasteiger charge is 2.32. The number of benzene rings is 3. The van der Waals surface area contributed by atoms with Crippen LogP contribution in [0.25, 0.3) is 17.0 Å². The summed E-state index contributed by atoms with van der Waals surface area (Å²) in [4.78, 5) is 25.0.